The average Bonchev–Trinajstić information content (AvgIpc) is 3.30. The third-order valence-corrected chi connectivity index (χ3v) is 2.83. The van der Waals surface area contributed by atoms with Crippen molar-refractivity contribution in [2.24, 2.45) is 0 Å². The van der Waals surface area contributed by atoms with Gasteiger partial charge in [-0.25, -0.2) is 0 Å². The van der Waals surface area contributed by atoms with E-state index in [0.29, 0.717) is 17.3 Å². The van der Waals surface area contributed by atoms with Crippen molar-refractivity contribution >= 4 is 0 Å². The Bertz CT molecular complexity index is 860. The van der Waals surface area contributed by atoms with Gasteiger partial charge in [0.25, 0.3) is 0 Å². The number of para-hydroxylation sites is 1. The SMILES string of the molecule is c1ccc(-n2ncc(-c3nnn(Cc4nn[nH]n4)n3)n2)cc1. The lowest BCUT2D eigenvalue weighted by molar-refractivity contribution is 0.555. The average molecular weight is 295 g/mol. The third kappa shape index (κ3) is 2.30. The third-order valence-electron chi connectivity index (χ3n) is 2.83. The summed E-state index contributed by atoms with van der Waals surface area (Å²) in [5.74, 6) is 0.850. The molecule has 0 amide bonds. The monoisotopic (exact) mass is 295 g/mol. The number of nitrogens with zero attached hydrogens (tertiary/aromatic N) is 10. The molecule has 0 saturated heterocycles. The van der Waals surface area contributed by atoms with E-state index in [1.165, 1.54) is 9.59 Å². The van der Waals surface area contributed by atoms with Gasteiger partial charge in [0.2, 0.25) is 5.82 Å². The topological polar surface area (TPSA) is 129 Å². The van der Waals surface area contributed by atoms with Gasteiger partial charge < -0.3 is 0 Å². The highest BCUT2D eigenvalue weighted by Crippen LogP contribution is 2.11. The number of aromatic nitrogens is 11. The predicted molar refractivity (Wildman–Crippen MR) is 71.4 cm³/mol. The number of hydrogen-bond donors (Lipinski definition) is 1. The van der Waals surface area contributed by atoms with Crippen LogP contribution in [0.2, 0.25) is 0 Å². The summed E-state index contributed by atoms with van der Waals surface area (Å²) in [4.78, 5) is 2.87. The largest absolute Gasteiger partial charge is 0.226 e. The molecule has 3 heterocycles. The van der Waals surface area contributed by atoms with Crippen LogP contribution in [0.25, 0.3) is 17.2 Å². The zero-order valence-corrected chi connectivity index (χ0v) is 11.1. The minimum Gasteiger partial charge on any atom is -0.177 e. The molecular weight excluding hydrogens is 286 g/mol. The zero-order chi connectivity index (χ0) is 14.8. The number of H-pyrrole nitrogens is 1. The molecule has 3 aromatic heterocycles. The van der Waals surface area contributed by atoms with Crippen LogP contribution in [0.4, 0.5) is 0 Å². The van der Waals surface area contributed by atoms with Crippen molar-refractivity contribution in [3.8, 4) is 17.2 Å². The summed E-state index contributed by atoms with van der Waals surface area (Å²) >= 11 is 0. The number of tetrazole rings is 2. The first-order chi connectivity index (χ1) is 10.9. The quantitative estimate of drug-likeness (QED) is 0.532. The van der Waals surface area contributed by atoms with E-state index >= 15 is 0 Å². The highest BCUT2D eigenvalue weighted by Gasteiger charge is 2.12. The maximum absolute atomic E-state index is 4.34. The molecule has 11 heteroatoms. The van der Waals surface area contributed by atoms with Crippen LogP contribution in [0, 0.1) is 0 Å². The number of aromatic amines is 1. The van der Waals surface area contributed by atoms with Crippen LogP contribution in [-0.2, 0) is 6.54 Å². The molecule has 0 aliphatic heterocycles. The van der Waals surface area contributed by atoms with Gasteiger partial charge in [-0.3, -0.25) is 0 Å². The van der Waals surface area contributed by atoms with Crippen molar-refractivity contribution in [1.29, 1.82) is 0 Å². The van der Waals surface area contributed by atoms with E-state index in [1.807, 2.05) is 30.3 Å². The minimum absolute atomic E-state index is 0.274. The van der Waals surface area contributed by atoms with Crippen molar-refractivity contribution in [3.05, 3.63) is 42.4 Å². The van der Waals surface area contributed by atoms with E-state index in [1.54, 1.807) is 6.20 Å². The van der Waals surface area contributed by atoms with Crippen molar-refractivity contribution < 1.29 is 0 Å². The molecular formula is C11H9N11. The highest BCUT2D eigenvalue weighted by atomic mass is 15.6. The first-order valence-electron chi connectivity index (χ1n) is 6.37. The van der Waals surface area contributed by atoms with Crippen LogP contribution in [0.3, 0.4) is 0 Å². The molecule has 4 aromatic rings. The van der Waals surface area contributed by atoms with Gasteiger partial charge in [-0.05, 0) is 17.3 Å². The normalized spacial score (nSPS) is 10.9. The minimum atomic E-state index is 0.274. The fraction of sp³-hybridized carbons (Fsp3) is 0.0909. The molecule has 0 atom stereocenters. The first-order valence-corrected chi connectivity index (χ1v) is 6.37. The van der Waals surface area contributed by atoms with Gasteiger partial charge in [-0.2, -0.15) is 19.9 Å². The summed E-state index contributed by atoms with van der Waals surface area (Å²) in [6.07, 6.45) is 1.59. The smallest absolute Gasteiger partial charge is 0.177 e. The number of nitrogens with one attached hydrogen (secondary N) is 1. The molecule has 11 nitrogen and oxygen atoms in total. The van der Waals surface area contributed by atoms with Gasteiger partial charge in [0.1, 0.15) is 6.54 Å². The number of hydrogen-bond acceptors (Lipinski definition) is 8. The maximum Gasteiger partial charge on any atom is 0.226 e. The Labute approximate surface area is 123 Å². The molecule has 0 aliphatic carbocycles. The Kier molecular flexibility index (Phi) is 2.85. The van der Waals surface area contributed by atoms with E-state index in [-0.39, 0.29) is 6.54 Å². The molecule has 0 unspecified atom stereocenters. The second-order valence-electron chi connectivity index (χ2n) is 4.33. The second kappa shape index (κ2) is 5.12. The van der Waals surface area contributed by atoms with Crippen molar-refractivity contribution in [2.75, 3.05) is 0 Å². The van der Waals surface area contributed by atoms with E-state index in [0.717, 1.165) is 5.69 Å². The Hall–Kier alpha value is -3.50. The molecule has 0 aliphatic rings. The Morgan fingerprint density at radius 2 is 1.95 bits per heavy atom. The lowest BCUT2D eigenvalue weighted by Gasteiger charge is -1.96. The van der Waals surface area contributed by atoms with E-state index in [4.69, 9.17) is 0 Å². The molecule has 0 saturated carbocycles. The maximum atomic E-state index is 4.34. The molecule has 1 aromatic carbocycles. The Morgan fingerprint density at radius 3 is 2.77 bits per heavy atom. The molecule has 108 valence electrons. The van der Waals surface area contributed by atoms with Crippen LogP contribution in [0.1, 0.15) is 5.82 Å². The summed E-state index contributed by atoms with van der Waals surface area (Å²) in [5.41, 5.74) is 1.39. The molecule has 0 bridgehead atoms. The fourth-order valence-electron chi connectivity index (χ4n) is 1.84. The number of benzene rings is 1. The van der Waals surface area contributed by atoms with Crippen molar-refractivity contribution in [1.82, 2.24) is 55.8 Å². The summed E-state index contributed by atoms with van der Waals surface area (Å²) in [6.45, 7) is 0.274. The van der Waals surface area contributed by atoms with Crippen LogP contribution in [0.5, 0.6) is 0 Å². The van der Waals surface area contributed by atoms with E-state index in [2.05, 4.69) is 46.2 Å². The molecule has 0 radical (unpaired) electrons. The predicted octanol–water partition coefficient (Wildman–Crippen LogP) is -0.518. The van der Waals surface area contributed by atoms with Crippen LogP contribution in [0.15, 0.2) is 36.5 Å². The molecule has 0 spiro atoms. The number of rotatable bonds is 4. The highest BCUT2D eigenvalue weighted by molar-refractivity contribution is 5.45. The van der Waals surface area contributed by atoms with Gasteiger partial charge >= 0.3 is 0 Å². The summed E-state index contributed by atoms with van der Waals surface area (Å²) < 4.78 is 0. The van der Waals surface area contributed by atoms with Crippen molar-refractivity contribution in [2.45, 2.75) is 6.54 Å². The van der Waals surface area contributed by atoms with Crippen LogP contribution < -0.4 is 0 Å². The first kappa shape index (κ1) is 12.3. The molecule has 22 heavy (non-hydrogen) atoms. The van der Waals surface area contributed by atoms with Gasteiger partial charge in [0.15, 0.2) is 11.5 Å². The molecule has 1 N–H and O–H groups in total. The standard InChI is InChI=1S/C11H9N11/c1-2-4-8(5-3-1)22-12-6-9(16-22)11-15-20-21(17-11)7-10-13-18-19-14-10/h1-6H,7H2,(H,13,14,18,19). The van der Waals surface area contributed by atoms with Crippen molar-refractivity contribution in [3.63, 3.8) is 0 Å². The van der Waals surface area contributed by atoms with Gasteiger partial charge in [-0.1, -0.05) is 23.4 Å². The second-order valence-corrected chi connectivity index (χ2v) is 4.33. The van der Waals surface area contributed by atoms with Crippen LogP contribution >= 0.6 is 0 Å². The zero-order valence-electron chi connectivity index (χ0n) is 11.1. The van der Waals surface area contributed by atoms with E-state index < -0.39 is 0 Å². The van der Waals surface area contributed by atoms with Gasteiger partial charge in [0, 0.05) is 0 Å². The summed E-state index contributed by atoms with van der Waals surface area (Å²) in [6, 6.07) is 9.57. The molecule has 0 fully saturated rings. The summed E-state index contributed by atoms with van der Waals surface area (Å²) in [7, 11) is 0. The molecule has 4 rings (SSSR count). The Balaban J connectivity index is 1.58. The summed E-state index contributed by atoms with van der Waals surface area (Å²) in [5, 5.41) is 34.1. The lowest BCUT2D eigenvalue weighted by atomic mass is 10.3. The van der Waals surface area contributed by atoms with E-state index in [9.17, 15) is 0 Å². The fourth-order valence-corrected chi connectivity index (χ4v) is 1.84. The van der Waals surface area contributed by atoms with Gasteiger partial charge in [-0.15, -0.1) is 25.5 Å². The van der Waals surface area contributed by atoms with Crippen LogP contribution in [-0.4, -0.2) is 55.8 Å². The van der Waals surface area contributed by atoms with Gasteiger partial charge in [0.05, 0.1) is 11.9 Å². The lowest BCUT2D eigenvalue weighted by Crippen LogP contribution is -2.05. The Morgan fingerprint density at radius 1 is 1.05 bits per heavy atom.